The number of carbonyl (C=O) groups excluding carboxylic acids is 3. The molecule has 370 valence electrons. The Bertz CT molecular complexity index is 3170. The number of H-pyrrole nitrogens is 1. The number of amides is 2. The third-order valence-electron chi connectivity index (χ3n) is 12.0. The van der Waals surface area contributed by atoms with Gasteiger partial charge in [0.1, 0.15) is 29.8 Å². The van der Waals surface area contributed by atoms with Crippen LogP contribution in [0.25, 0.3) is 0 Å². The Kier molecular flexibility index (Phi) is 15.9. The van der Waals surface area contributed by atoms with Crippen molar-refractivity contribution in [2.75, 3.05) is 30.2 Å². The number of aromatic nitrogens is 4. The second-order valence-corrected chi connectivity index (χ2v) is 20.6. The molecule has 73 heavy (non-hydrogen) atoms. The topological polar surface area (TPSA) is 213 Å². The van der Waals surface area contributed by atoms with Crippen LogP contribution in [0, 0.1) is 0 Å². The number of nitrogens with zero attached hydrogens (tertiary/aromatic N) is 5. The lowest BCUT2D eigenvalue weighted by molar-refractivity contribution is -0.154. The average Bonchev–Trinajstić information content (AvgIpc) is 3.90. The third kappa shape index (κ3) is 10.6. The first-order valence-electron chi connectivity index (χ1n) is 22.7. The number of rotatable bonds is 19. The minimum absolute atomic E-state index is 0.140. The van der Waals surface area contributed by atoms with E-state index in [1.807, 2.05) is 158 Å². The van der Waals surface area contributed by atoms with Crippen molar-refractivity contribution in [3.63, 3.8) is 0 Å². The van der Waals surface area contributed by atoms with Gasteiger partial charge in [-0.05, 0) is 56.7 Å². The Labute approximate surface area is 434 Å². The molecule has 9 rings (SSSR count). The first-order chi connectivity index (χ1) is 35.6. The summed E-state index contributed by atoms with van der Waals surface area (Å²) in [6.45, 7) is 0.212. The maximum Gasteiger partial charge on any atom is 0.356 e. The maximum absolute atomic E-state index is 14.7. The van der Waals surface area contributed by atoms with Crippen LogP contribution in [-0.4, -0.2) is 89.0 Å². The quantitative estimate of drug-likeness (QED) is 0.0111. The number of fused-ring (bicyclic) bond motifs is 1. The average molecular weight is 1050 g/mol. The molecule has 1 saturated heterocycles. The van der Waals surface area contributed by atoms with Gasteiger partial charge in [0.25, 0.3) is 11.8 Å². The van der Waals surface area contributed by atoms with Gasteiger partial charge in [-0.2, -0.15) is 11.8 Å². The molecule has 2 aromatic heterocycles. The largest absolute Gasteiger partial charge is 0.614 e. The molecule has 1 fully saturated rings. The predicted octanol–water partition coefficient (Wildman–Crippen LogP) is 6.81. The molecule has 4 heterocycles. The van der Waals surface area contributed by atoms with E-state index in [4.69, 9.17) is 14.6 Å². The monoisotopic (exact) mass is 1050 g/mol. The van der Waals surface area contributed by atoms with Gasteiger partial charge >= 0.3 is 17.1 Å². The number of hydrogen-bond acceptors (Lipinski definition) is 15. The number of oxime groups is 1. The summed E-state index contributed by atoms with van der Waals surface area (Å²) in [5.74, 6) is -2.14. The smallest absolute Gasteiger partial charge is 0.356 e. The van der Waals surface area contributed by atoms with E-state index in [9.17, 15) is 28.5 Å². The molecule has 0 spiro atoms. The van der Waals surface area contributed by atoms with Gasteiger partial charge in [0.05, 0.1) is 0 Å². The van der Waals surface area contributed by atoms with Crippen LogP contribution in [0.1, 0.15) is 39.6 Å². The first kappa shape index (κ1) is 50.5. The minimum atomic E-state index is -1.89. The van der Waals surface area contributed by atoms with E-state index >= 15 is 0 Å². The molecule has 2 amide bonds. The number of carbonyl (C=O) groups is 3. The van der Waals surface area contributed by atoms with Crippen molar-refractivity contribution < 1.29 is 28.5 Å². The number of nitrogens with one attached hydrogen (secondary N) is 3. The van der Waals surface area contributed by atoms with Crippen molar-refractivity contribution in [2.45, 2.75) is 34.8 Å². The number of aromatic amines is 1. The van der Waals surface area contributed by atoms with Gasteiger partial charge in [0, 0.05) is 23.3 Å². The summed E-state index contributed by atoms with van der Waals surface area (Å²) < 4.78 is 21.9. The van der Waals surface area contributed by atoms with Gasteiger partial charge in [0.2, 0.25) is 5.37 Å². The zero-order chi connectivity index (χ0) is 50.9. The van der Waals surface area contributed by atoms with E-state index < -0.39 is 63.1 Å². The number of anilines is 1. The highest BCUT2D eigenvalue weighted by atomic mass is 32.2. The standard InChI is InChI=1S/C53H46N8O8S4/c1-68-59-41(40-32-72-51(54-40)56-53(37-22-12-5-13-23-37,38-24-14-6-15-25-38)39-26-16-7-17-27-39)45(62)55-42-47(64)61-43(50(66)69-44(34-18-8-3-9-19-34)35-20-10-4-11-21-35)36(33-73(67)49(42)61)28-30-71-52-58-57-46(63)48(65)60(52)29-31-70-2/h3-28,30,32,42,44,49H,29,31,33H2,1-2H3,(H,54,56)(H,55,62)(H,57,63)/b30-28+,59-41+. The lowest BCUT2D eigenvalue weighted by Gasteiger charge is -2.49. The number of benzene rings is 5. The molecular formula is C53H46N8O8S4. The number of hydrogen-bond donors (Lipinski definition) is 3. The summed E-state index contributed by atoms with van der Waals surface area (Å²) in [7, 11) is 1.28. The molecule has 2 aliphatic rings. The summed E-state index contributed by atoms with van der Waals surface area (Å²) in [5, 5.41) is 19.4. The lowest BCUT2D eigenvalue weighted by Crippen LogP contribution is -2.75. The molecule has 16 nitrogen and oxygen atoms in total. The normalized spacial score (nSPS) is 16.8. The molecule has 2 aliphatic heterocycles. The van der Waals surface area contributed by atoms with Gasteiger partial charge in [0.15, 0.2) is 28.1 Å². The molecule has 0 bridgehead atoms. The van der Waals surface area contributed by atoms with Crippen molar-refractivity contribution in [3.05, 3.63) is 234 Å². The first-order valence-corrected chi connectivity index (χ1v) is 27.2. The van der Waals surface area contributed by atoms with Gasteiger partial charge < -0.3 is 24.8 Å². The summed E-state index contributed by atoms with van der Waals surface area (Å²) in [6, 6.07) is 46.7. The molecule has 5 aromatic carbocycles. The number of β-lactam (4-membered cyclic amide) rings is 1. The molecule has 3 unspecified atom stereocenters. The van der Waals surface area contributed by atoms with Gasteiger partial charge in [-0.25, -0.2) is 14.9 Å². The van der Waals surface area contributed by atoms with E-state index in [0.29, 0.717) is 22.0 Å². The summed E-state index contributed by atoms with van der Waals surface area (Å²) in [5.41, 5.74) is 1.45. The maximum atomic E-state index is 14.7. The number of allylic oxidation sites excluding steroid dienone is 1. The van der Waals surface area contributed by atoms with E-state index in [-0.39, 0.29) is 40.1 Å². The number of ether oxygens (including phenoxy) is 1. The highest BCUT2D eigenvalue weighted by Crippen LogP contribution is 2.42. The van der Waals surface area contributed by atoms with Crippen LogP contribution in [-0.2, 0) is 47.2 Å². The van der Waals surface area contributed by atoms with E-state index in [1.54, 1.807) is 5.38 Å². The Morgan fingerprint density at radius 2 is 1.45 bits per heavy atom. The second kappa shape index (κ2) is 22.9. The summed E-state index contributed by atoms with van der Waals surface area (Å²) in [4.78, 5) is 79.7. The van der Waals surface area contributed by atoms with E-state index in [2.05, 4.69) is 26.0 Å². The highest BCUT2D eigenvalue weighted by Gasteiger charge is 2.61. The van der Waals surface area contributed by atoms with Crippen molar-refractivity contribution in [2.24, 2.45) is 5.16 Å². The van der Waals surface area contributed by atoms with Crippen molar-refractivity contribution in [3.8, 4) is 0 Å². The number of thioether (sulfide) groups is 2. The van der Waals surface area contributed by atoms with Crippen LogP contribution >= 0.6 is 34.9 Å². The molecule has 0 saturated carbocycles. The van der Waals surface area contributed by atoms with E-state index in [1.165, 1.54) is 46.3 Å². The van der Waals surface area contributed by atoms with Crippen LogP contribution in [0.2, 0.25) is 0 Å². The van der Waals surface area contributed by atoms with E-state index in [0.717, 1.165) is 33.4 Å². The number of esters is 1. The fraction of sp³-hybridized carbons (Fsp3) is 0.170. The predicted molar refractivity (Wildman–Crippen MR) is 284 cm³/mol. The third-order valence-corrected chi connectivity index (χ3v) is 15.8. The minimum Gasteiger partial charge on any atom is -0.614 e. The zero-order valence-electron chi connectivity index (χ0n) is 39.2. The SMILES string of the molecule is CO/N=C(/C(=O)NC1C(=O)N2C(C(=O)OC(c3ccccc3)c3ccccc3)=C(/C=C/Sc3n[nH]c(=O)c(=O)n3CCSC)C[S+]([O-])C12)c1csc(NC(c2ccccc2)(c2ccccc2)c2ccccc2)n1. The zero-order valence-corrected chi connectivity index (χ0v) is 42.4. The van der Waals surface area contributed by atoms with Gasteiger partial charge in [-0.1, -0.05) is 169 Å². The van der Waals surface area contributed by atoms with Crippen molar-refractivity contribution in [1.82, 2.24) is 30.0 Å². The van der Waals surface area contributed by atoms with Crippen LogP contribution in [0.15, 0.2) is 200 Å². The van der Waals surface area contributed by atoms with Gasteiger partial charge in [-0.3, -0.25) is 28.6 Å². The number of thiazole rings is 1. The molecule has 20 heteroatoms. The molecule has 3 N–H and O–H groups in total. The lowest BCUT2D eigenvalue weighted by atomic mass is 9.77. The van der Waals surface area contributed by atoms with Crippen LogP contribution in [0.4, 0.5) is 5.13 Å². The van der Waals surface area contributed by atoms with Gasteiger partial charge in [-0.15, -0.1) is 16.4 Å². The van der Waals surface area contributed by atoms with Crippen LogP contribution in [0.5, 0.6) is 0 Å². The second-order valence-electron chi connectivity index (χ2n) is 16.4. The Morgan fingerprint density at radius 1 is 0.890 bits per heavy atom. The molecule has 7 aromatic rings. The Morgan fingerprint density at radius 3 is 2.00 bits per heavy atom. The molecule has 0 radical (unpaired) electrons. The molecule has 0 aliphatic carbocycles. The molecule has 3 atom stereocenters. The fourth-order valence-corrected chi connectivity index (χ4v) is 12.1. The highest BCUT2D eigenvalue weighted by molar-refractivity contribution is 8.02. The van der Waals surface area contributed by atoms with Crippen LogP contribution in [0.3, 0.4) is 0 Å². The Hall–Kier alpha value is -7.49. The fourth-order valence-electron chi connectivity index (χ4n) is 8.62. The van der Waals surface area contributed by atoms with Crippen LogP contribution < -0.4 is 21.8 Å². The van der Waals surface area contributed by atoms with Crippen molar-refractivity contribution >= 4 is 74.7 Å². The molecular weight excluding hydrogens is 1000 g/mol. The summed E-state index contributed by atoms with van der Waals surface area (Å²) >= 11 is 1.82. The van der Waals surface area contributed by atoms with Crippen molar-refractivity contribution in [1.29, 1.82) is 0 Å². The summed E-state index contributed by atoms with van der Waals surface area (Å²) in [6.07, 6.45) is 2.47. The Balaban J connectivity index is 1.02.